The molecular formula is C14H19F3N2O3. The fourth-order valence-electron chi connectivity index (χ4n) is 1.69. The maximum Gasteiger partial charge on any atom is 0.422 e. The summed E-state index contributed by atoms with van der Waals surface area (Å²) in [5, 5.41) is 5.49. The Bertz CT molecular complexity index is 507. The average Bonchev–Trinajstić information content (AvgIpc) is 2.44. The van der Waals surface area contributed by atoms with Gasteiger partial charge in [0.15, 0.2) is 18.1 Å². The lowest BCUT2D eigenvalue weighted by Crippen LogP contribution is -2.28. The number of anilines is 1. The molecule has 5 nitrogen and oxygen atoms in total. The molecule has 1 atom stereocenters. The molecule has 1 amide bonds. The van der Waals surface area contributed by atoms with Gasteiger partial charge >= 0.3 is 6.18 Å². The number of benzene rings is 1. The molecule has 0 saturated carbocycles. The molecule has 0 bridgehead atoms. The van der Waals surface area contributed by atoms with Crippen molar-refractivity contribution < 1.29 is 27.4 Å². The number of amides is 1. The molecule has 0 aliphatic rings. The van der Waals surface area contributed by atoms with Crippen LogP contribution in [0.3, 0.4) is 0 Å². The van der Waals surface area contributed by atoms with Crippen molar-refractivity contribution in [3.8, 4) is 11.5 Å². The number of methoxy groups -OCH3 is 1. The zero-order valence-corrected chi connectivity index (χ0v) is 12.6. The number of hydrogen-bond acceptors (Lipinski definition) is 4. The highest BCUT2D eigenvalue weighted by atomic mass is 19.4. The van der Waals surface area contributed by atoms with Gasteiger partial charge in [0.05, 0.1) is 7.11 Å². The SMILES string of the molecule is CNCC(C)C(=O)Nc1ccc(OC)c(OCC(F)(F)F)c1. The quantitative estimate of drug-likeness (QED) is 0.810. The lowest BCUT2D eigenvalue weighted by molar-refractivity contribution is -0.153. The van der Waals surface area contributed by atoms with E-state index in [1.165, 1.54) is 25.3 Å². The van der Waals surface area contributed by atoms with Gasteiger partial charge in [-0.15, -0.1) is 0 Å². The van der Waals surface area contributed by atoms with Crippen molar-refractivity contribution in [2.24, 2.45) is 5.92 Å². The molecule has 2 N–H and O–H groups in total. The second-order valence-corrected chi connectivity index (χ2v) is 4.72. The average molecular weight is 320 g/mol. The van der Waals surface area contributed by atoms with Crippen molar-refractivity contribution in [3.05, 3.63) is 18.2 Å². The molecule has 0 spiro atoms. The third-order valence-corrected chi connectivity index (χ3v) is 2.78. The fourth-order valence-corrected chi connectivity index (χ4v) is 1.69. The van der Waals surface area contributed by atoms with Crippen molar-refractivity contribution in [2.75, 3.05) is 32.6 Å². The molecule has 1 unspecified atom stereocenters. The van der Waals surface area contributed by atoms with E-state index in [0.29, 0.717) is 12.2 Å². The molecule has 1 rings (SSSR count). The molecule has 8 heteroatoms. The second-order valence-electron chi connectivity index (χ2n) is 4.72. The molecule has 0 aliphatic carbocycles. The Morgan fingerprint density at radius 2 is 2.00 bits per heavy atom. The highest BCUT2D eigenvalue weighted by molar-refractivity contribution is 5.92. The van der Waals surface area contributed by atoms with Crippen LogP contribution in [0.25, 0.3) is 0 Å². The van der Waals surface area contributed by atoms with Gasteiger partial charge in [0.2, 0.25) is 5.91 Å². The molecule has 0 aromatic heterocycles. The number of halogens is 3. The minimum Gasteiger partial charge on any atom is -0.493 e. The number of nitrogens with one attached hydrogen (secondary N) is 2. The summed E-state index contributed by atoms with van der Waals surface area (Å²) < 4.78 is 46.4. The monoisotopic (exact) mass is 320 g/mol. The minimum atomic E-state index is -4.45. The highest BCUT2D eigenvalue weighted by Crippen LogP contribution is 2.31. The highest BCUT2D eigenvalue weighted by Gasteiger charge is 2.29. The summed E-state index contributed by atoms with van der Waals surface area (Å²) in [6.07, 6.45) is -4.45. The first-order chi connectivity index (χ1) is 10.3. The molecule has 0 heterocycles. The van der Waals surface area contributed by atoms with Crippen molar-refractivity contribution in [1.82, 2.24) is 5.32 Å². The standard InChI is InChI=1S/C14H19F3N2O3/c1-9(7-18-2)13(20)19-10-4-5-11(21-3)12(6-10)22-8-14(15,16)17/h4-6,9,18H,7-8H2,1-3H3,(H,19,20). The Morgan fingerprint density at radius 3 is 2.55 bits per heavy atom. The van der Waals surface area contributed by atoms with Gasteiger partial charge in [-0.1, -0.05) is 6.92 Å². The number of carbonyl (C=O) groups is 1. The molecule has 0 fully saturated rings. The van der Waals surface area contributed by atoms with Gasteiger partial charge in [-0.25, -0.2) is 0 Å². The van der Waals surface area contributed by atoms with Gasteiger partial charge in [0, 0.05) is 24.2 Å². The summed E-state index contributed by atoms with van der Waals surface area (Å²) in [7, 11) is 3.04. The molecule has 22 heavy (non-hydrogen) atoms. The van der Waals surface area contributed by atoms with E-state index >= 15 is 0 Å². The van der Waals surface area contributed by atoms with Crippen LogP contribution in [0.5, 0.6) is 11.5 Å². The van der Waals surface area contributed by atoms with Crippen molar-refractivity contribution in [1.29, 1.82) is 0 Å². The van der Waals surface area contributed by atoms with Gasteiger partial charge < -0.3 is 20.1 Å². The zero-order chi connectivity index (χ0) is 16.8. The fraction of sp³-hybridized carbons (Fsp3) is 0.500. The van der Waals surface area contributed by atoms with Crippen molar-refractivity contribution >= 4 is 11.6 Å². The number of rotatable bonds is 7. The van der Waals surface area contributed by atoms with E-state index in [1.807, 2.05) is 0 Å². The number of hydrogen-bond donors (Lipinski definition) is 2. The van der Waals surface area contributed by atoms with Crippen LogP contribution in [-0.4, -0.2) is 39.4 Å². The smallest absolute Gasteiger partial charge is 0.422 e. The number of carbonyl (C=O) groups excluding carboxylic acids is 1. The Hall–Kier alpha value is -1.96. The van der Waals surface area contributed by atoms with Gasteiger partial charge in [0.1, 0.15) is 0 Å². The minimum absolute atomic E-state index is 0.0844. The van der Waals surface area contributed by atoms with Crippen LogP contribution in [-0.2, 0) is 4.79 Å². The Labute approximate surface area is 126 Å². The lowest BCUT2D eigenvalue weighted by Gasteiger charge is -2.15. The van der Waals surface area contributed by atoms with Crippen LogP contribution < -0.4 is 20.1 Å². The van der Waals surface area contributed by atoms with E-state index in [-0.39, 0.29) is 23.3 Å². The van der Waals surface area contributed by atoms with Gasteiger partial charge in [-0.2, -0.15) is 13.2 Å². The maximum atomic E-state index is 12.2. The van der Waals surface area contributed by atoms with Crippen LogP contribution in [0.2, 0.25) is 0 Å². The number of ether oxygens (including phenoxy) is 2. The summed E-state index contributed by atoms with van der Waals surface area (Å²) >= 11 is 0. The van der Waals surface area contributed by atoms with Crippen molar-refractivity contribution in [3.63, 3.8) is 0 Å². The third kappa shape index (κ3) is 5.80. The summed E-state index contributed by atoms with van der Waals surface area (Å²) in [6, 6.07) is 4.27. The van der Waals surface area contributed by atoms with Gasteiger partial charge in [-0.05, 0) is 19.2 Å². The Morgan fingerprint density at radius 1 is 1.32 bits per heavy atom. The Kier molecular flexibility index (Phi) is 6.48. The van der Waals surface area contributed by atoms with E-state index in [1.54, 1.807) is 14.0 Å². The van der Waals surface area contributed by atoms with Crippen LogP contribution in [0.15, 0.2) is 18.2 Å². The summed E-state index contributed by atoms with van der Waals surface area (Å²) in [5.41, 5.74) is 0.339. The first-order valence-electron chi connectivity index (χ1n) is 6.60. The van der Waals surface area contributed by atoms with Crippen LogP contribution >= 0.6 is 0 Å². The first-order valence-corrected chi connectivity index (χ1v) is 6.60. The Balaban J connectivity index is 2.83. The normalized spacial score (nSPS) is 12.6. The summed E-state index contributed by atoms with van der Waals surface area (Å²) in [4.78, 5) is 11.9. The molecule has 0 aliphatic heterocycles. The van der Waals surface area contributed by atoms with Crippen LogP contribution in [0, 0.1) is 5.92 Å². The maximum absolute atomic E-state index is 12.2. The lowest BCUT2D eigenvalue weighted by atomic mass is 10.1. The second kappa shape index (κ2) is 7.88. The third-order valence-electron chi connectivity index (χ3n) is 2.78. The van der Waals surface area contributed by atoms with E-state index in [2.05, 4.69) is 10.6 Å². The molecule has 1 aromatic carbocycles. The van der Waals surface area contributed by atoms with E-state index in [9.17, 15) is 18.0 Å². The first kappa shape index (κ1) is 18.1. The summed E-state index contributed by atoms with van der Waals surface area (Å²) in [5.74, 6) is -0.461. The van der Waals surface area contributed by atoms with E-state index in [0.717, 1.165) is 0 Å². The molecule has 0 saturated heterocycles. The molecule has 0 radical (unpaired) electrons. The largest absolute Gasteiger partial charge is 0.493 e. The predicted molar refractivity (Wildman–Crippen MR) is 76.3 cm³/mol. The zero-order valence-electron chi connectivity index (χ0n) is 12.6. The van der Waals surface area contributed by atoms with Crippen molar-refractivity contribution in [2.45, 2.75) is 13.1 Å². The summed E-state index contributed by atoms with van der Waals surface area (Å²) in [6.45, 7) is 0.784. The van der Waals surface area contributed by atoms with Crippen LogP contribution in [0.1, 0.15) is 6.92 Å². The predicted octanol–water partition coefficient (Wildman–Crippen LogP) is 2.43. The molecular weight excluding hydrogens is 301 g/mol. The van der Waals surface area contributed by atoms with Gasteiger partial charge in [-0.3, -0.25) is 4.79 Å². The van der Waals surface area contributed by atoms with E-state index < -0.39 is 12.8 Å². The van der Waals surface area contributed by atoms with E-state index in [4.69, 9.17) is 9.47 Å². The van der Waals surface area contributed by atoms with Crippen LogP contribution in [0.4, 0.5) is 18.9 Å². The number of alkyl halides is 3. The molecule has 1 aromatic rings. The van der Waals surface area contributed by atoms with Gasteiger partial charge in [0.25, 0.3) is 0 Å². The molecule has 124 valence electrons. The topological polar surface area (TPSA) is 59.6 Å².